The summed E-state index contributed by atoms with van der Waals surface area (Å²) in [6.45, 7) is -0.235. The maximum atomic E-state index is 13.5. The fourth-order valence-corrected chi connectivity index (χ4v) is 4.27. The second-order valence-electron chi connectivity index (χ2n) is 8.41. The molecule has 0 amide bonds. The number of alkyl halides is 3. The summed E-state index contributed by atoms with van der Waals surface area (Å²) in [4.78, 5) is 30.9. The van der Waals surface area contributed by atoms with Crippen molar-refractivity contribution < 1.29 is 23.0 Å². The number of nitriles is 1. The van der Waals surface area contributed by atoms with Gasteiger partial charge in [0, 0.05) is 31.8 Å². The SMILES string of the molecule is Cn1c(=O)n(CCCO)c(=O)c2c1nc(C(C#N)c1cccc(OC(F)(F)F)c1)n2Cc1ccc(Cl)cc1. The lowest BCUT2D eigenvalue weighted by Gasteiger charge is -2.15. The fourth-order valence-electron chi connectivity index (χ4n) is 4.14. The minimum Gasteiger partial charge on any atom is -0.406 e. The normalized spacial score (nSPS) is 12.4. The summed E-state index contributed by atoms with van der Waals surface area (Å²) in [6, 6.07) is 13.7. The number of ether oxygens (including phenoxy) is 1. The molecule has 2 heterocycles. The predicted octanol–water partition coefficient (Wildman–Crippen LogP) is 3.53. The molecule has 0 saturated heterocycles. The summed E-state index contributed by atoms with van der Waals surface area (Å²) in [6.07, 6.45) is -4.77. The molecule has 38 heavy (non-hydrogen) atoms. The monoisotopic (exact) mass is 547 g/mol. The molecule has 0 aliphatic rings. The molecule has 198 valence electrons. The molecular weight excluding hydrogens is 527 g/mol. The van der Waals surface area contributed by atoms with Gasteiger partial charge in [-0.05, 0) is 41.8 Å². The predicted molar refractivity (Wildman–Crippen MR) is 132 cm³/mol. The number of imidazole rings is 1. The maximum absolute atomic E-state index is 13.5. The third kappa shape index (κ3) is 5.44. The number of halogens is 4. The molecule has 9 nitrogen and oxygen atoms in total. The van der Waals surface area contributed by atoms with E-state index in [4.69, 9.17) is 11.6 Å². The minimum atomic E-state index is -4.93. The Hall–Kier alpha value is -4.08. The Morgan fingerprint density at radius 2 is 1.87 bits per heavy atom. The molecule has 1 atom stereocenters. The van der Waals surface area contributed by atoms with Crippen LogP contribution in [0.2, 0.25) is 5.02 Å². The van der Waals surface area contributed by atoms with Crippen LogP contribution in [0.1, 0.15) is 29.3 Å². The van der Waals surface area contributed by atoms with Crippen molar-refractivity contribution in [1.29, 1.82) is 5.26 Å². The van der Waals surface area contributed by atoms with Gasteiger partial charge < -0.3 is 14.4 Å². The fraction of sp³-hybridized carbons (Fsp3) is 0.280. The van der Waals surface area contributed by atoms with E-state index in [1.807, 2.05) is 0 Å². The van der Waals surface area contributed by atoms with E-state index in [1.54, 1.807) is 24.3 Å². The van der Waals surface area contributed by atoms with Gasteiger partial charge in [-0.3, -0.25) is 13.9 Å². The van der Waals surface area contributed by atoms with Crippen LogP contribution in [-0.2, 0) is 20.1 Å². The van der Waals surface area contributed by atoms with Crippen molar-refractivity contribution >= 4 is 22.8 Å². The van der Waals surface area contributed by atoms with E-state index in [2.05, 4.69) is 15.8 Å². The summed E-state index contributed by atoms with van der Waals surface area (Å²) >= 11 is 6.00. The molecule has 4 rings (SSSR count). The topological polar surface area (TPSA) is 115 Å². The molecule has 4 aromatic rings. The van der Waals surface area contributed by atoms with Gasteiger partial charge in [-0.2, -0.15) is 5.26 Å². The lowest BCUT2D eigenvalue weighted by atomic mass is 9.99. The first kappa shape index (κ1) is 27.0. The molecule has 0 saturated carbocycles. The van der Waals surface area contributed by atoms with Crippen molar-refractivity contribution in [2.75, 3.05) is 6.61 Å². The van der Waals surface area contributed by atoms with Crippen LogP contribution >= 0.6 is 11.6 Å². The molecule has 0 aliphatic carbocycles. The third-order valence-corrected chi connectivity index (χ3v) is 6.12. The number of rotatable bonds is 8. The number of aliphatic hydroxyl groups excluding tert-OH is 1. The second-order valence-corrected chi connectivity index (χ2v) is 8.85. The Bertz CT molecular complexity index is 1630. The zero-order valence-electron chi connectivity index (χ0n) is 19.9. The zero-order valence-corrected chi connectivity index (χ0v) is 20.7. The number of aromatic nitrogens is 4. The maximum Gasteiger partial charge on any atom is 0.573 e. The highest BCUT2D eigenvalue weighted by atomic mass is 35.5. The van der Waals surface area contributed by atoms with Crippen LogP contribution in [0.15, 0.2) is 58.1 Å². The third-order valence-electron chi connectivity index (χ3n) is 5.87. The summed E-state index contributed by atoms with van der Waals surface area (Å²) in [5, 5.41) is 19.8. The minimum absolute atomic E-state index is 0.00663. The largest absolute Gasteiger partial charge is 0.573 e. The van der Waals surface area contributed by atoms with Crippen molar-refractivity contribution in [3.63, 3.8) is 0 Å². The van der Waals surface area contributed by atoms with Crippen LogP contribution in [0.25, 0.3) is 11.2 Å². The van der Waals surface area contributed by atoms with Crippen molar-refractivity contribution in [2.24, 2.45) is 7.05 Å². The van der Waals surface area contributed by atoms with E-state index >= 15 is 0 Å². The molecule has 2 aromatic heterocycles. The van der Waals surface area contributed by atoms with Crippen LogP contribution in [0.5, 0.6) is 5.75 Å². The molecule has 0 aliphatic heterocycles. The molecule has 13 heteroatoms. The molecule has 2 aromatic carbocycles. The van der Waals surface area contributed by atoms with Gasteiger partial charge >= 0.3 is 12.1 Å². The first-order valence-corrected chi connectivity index (χ1v) is 11.7. The van der Waals surface area contributed by atoms with Crippen LogP contribution < -0.4 is 16.0 Å². The molecule has 1 N–H and O–H groups in total. The Kier molecular flexibility index (Phi) is 7.61. The van der Waals surface area contributed by atoms with Crippen LogP contribution in [0.3, 0.4) is 0 Å². The molecular formula is C25H21ClF3N5O4. The van der Waals surface area contributed by atoms with Gasteiger partial charge in [-0.25, -0.2) is 9.78 Å². The van der Waals surface area contributed by atoms with E-state index in [-0.39, 0.29) is 48.7 Å². The van der Waals surface area contributed by atoms with E-state index in [1.165, 1.54) is 23.7 Å². The average molecular weight is 548 g/mol. The lowest BCUT2D eigenvalue weighted by molar-refractivity contribution is -0.274. The van der Waals surface area contributed by atoms with E-state index in [0.717, 1.165) is 21.3 Å². The van der Waals surface area contributed by atoms with Gasteiger partial charge in [0.1, 0.15) is 17.5 Å². The summed E-state index contributed by atoms with van der Waals surface area (Å²) in [7, 11) is 1.42. The van der Waals surface area contributed by atoms with Crippen molar-refractivity contribution in [1.82, 2.24) is 18.7 Å². The van der Waals surface area contributed by atoms with Crippen LogP contribution in [-0.4, -0.2) is 36.8 Å². The number of fused-ring (bicyclic) bond motifs is 1. The van der Waals surface area contributed by atoms with Crippen molar-refractivity contribution in [2.45, 2.75) is 31.8 Å². The molecule has 0 radical (unpaired) electrons. The van der Waals surface area contributed by atoms with Crippen molar-refractivity contribution in [3.8, 4) is 11.8 Å². The number of aryl methyl sites for hydroxylation is 1. The number of hydrogen-bond donors (Lipinski definition) is 1. The second kappa shape index (κ2) is 10.7. The summed E-state index contributed by atoms with van der Waals surface area (Å²) in [5.41, 5.74) is -0.462. The van der Waals surface area contributed by atoms with E-state index in [0.29, 0.717) is 10.6 Å². The van der Waals surface area contributed by atoms with E-state index < -0.39 is 29.3 Å². The number of nitrogens with zero attached hydrogens (tertiary/aromatic N) is 5. The summed E-state index contributed by atoms with van der Waals surface area (Å²) in [5.74, 6) is -1.69. The highest BCUT2D eigenvalue weighted by Gasteiger charge is 2.32. The Morgan fingerprint density at radius 1 is 1.16 bits per heavy atom. The van der Waals surface area contributed by atoms with Gasteiger partial charge in [0.15, 0.2) is 11.2 Å². The number of hydrogen-bond acceptors (Lipinski definition) is 6. The molecule has 0 spiro atoms. The van der Waals surface area contributed by atoms with Gasteiger partial charge in [0.2, 0.25) is 0 Å². The number of aliphatic hydroxyl groups is 1. The first-order chi connectivity index (χ1) is 18.0. The smallest absolute Gasteiger partial charge is 0.406 e. The average Bonchev–Trinajstić information content (AvgIpc) is 3.23. The molecule has 0 bridgehead atoms. The van der Waals surface area contributed by atoms with E-state index in [9.17, 15) is 33.1 Å². The first-order valence-electron chi connectivity index (χ1n) is 11.3. The quantitative estimate of drug-likeness (QED) is 0.361. The highest BCUT2D eigenvalue weighted by Crippen LogP contribution is 2.31. The van der Waals surface area contributed by atoms with Gasteiger partial charge in [-0.1, -0.05) is 35.9 Å². The van der Waals surface area contributed by atoms with Crippen molar-refractivity contribution in [3.05, 3.63) is 91.3 Å². The molecule has 0 fully saturated rings. The van der Waals surface area contributed by atoms with Gasteiger partial charge in [0.25, 0.3) is 5.56 Å². The number of benzene rings is 2. The summed E-state index contributed by atoms with van der Waals surface area (Å²) < 4.78 is 46.0. The van der Waals surface area contributed by atoms with Crippen LogP contribution in [0.4, 0.5) is 13.2 Å². The Morgan fingerprint density at radius 3 is 2.50 bits per heavy atom. The standard InChI is InChI=1S/C25H21ClF3N5O4/c1-32-22-20(23(36)33(24(32)37)10-3-11-35)34(14-15-6-8-17(26)9-7-15)21(31-22)19(13-30)16-4-2-5-18(12-16)38-25(27,28)29/h2,4-9,12,19,35H,3,10-11,14H2,1H3. The zero-order chi connectivity index (χ0) is 27.6. The van der Waals surface area contributed by atoms with Gasteiger partial charge in [-0.15, -0.1) is 13.2 Å². The van der Waals surface area contributed by atoms with Gasteiger partial charge in [0.05, 0.1) is 6.07 Å². The Labute approximate surface area is 218 Å². The molecule has 1 unspecified atom stereocenters. The Balaban J connectivity index is 1.97. The highest BCUT2D eigenvalue weighted by molar-refractivity contribution is 6.30. The van der Waals surface area contributed by atoms with Crippen LogP contribution in [0, 0.1) is 11.3 Å². The lowest BCUT2D eigenvalue weighted by Crippen LogP contribution is -2.40.